The fraction of sp³-hybridized carbons (Fsp3) is 0.222. The van der Waals surface area contributed by atoms with Gasteiger partial charge in [0.2, 0.25) is 0 Å². The van der Waals surface area contributed by atoms with E-state index in [4.69, 9.17) is 11.6 Å². The van der Waals surface area contributed by atoms with Gasteiger partial charge in [-0.1, -0.05) is 41.9 Å². The largest absolute Gasteiger partial charge is 0.361 e. The maximum atomic E-state index is 10.6. The van der Waals surface area contributed by atoms with Crippen LogP contribution in [0.15, 0.2) is 54.7 Å². The van der Waals surface area contributed by atoms with E-state index in [0.29, 0.717) is 18.1 Å². The number of H-pyrrole nitrogens is 1. The molecule has 1 aromatic heterocycles. The topological polar surface area (TPSA) is 51.3 Å². The number of nitrogens with one attached hydrogen (secondary N) is 2. The van der Waals surface area contributed by atoms with Gasteiger partial charge in [0, 0.05) is 35.2 Å². The molecule has 1 unspecified atom stereocenters. The Kier molecular flexibility index (Phi) is 4.98. The Morgan fingerprint density at radius 1 is 1.22 bits per heavy atom. The summed E-state index contributed by atoms with van der Waals surface area (Å²) in [6.45, 7) is 1.09. The highest BCUT2D eigenvalue weighted by Gasteiger charge is 2.22. The zero-order chi connectivity index (χ0) is 16.2. The third-order valence-corrected chi connectivity index (χ3v) is 4.21. The van der Waals surface area contributed by atoms with Crippen molar-refractivity contribution in [3.8, 4) is 0 Å². The summed E-state index contributed by atoms with van der Waals surface area (Å²) in [5.74, 6) is 0. The summed E-state index contributed by atoms with van der Waals surface area (Å²) in [6.07, 6.45) is 1.94. The lowest BCUT2D eigenvalue weighted by Gasteiger charge is -2.26. The van der Waals surface area contributed by atoms with Crippen LogP contribution in [0.4, 0.5) is 0 Å². The van der Waals surface area contributed by atoms with Crippen molar-refractivity contribution in [2.75, 3.05) is 13.6 Å². The Morgan fingerprint density at radius 3 is 2.74 bits per heavy atom. The van der Waals surface area contributed by atoms with E-state index in [1.807, 2.05) is 61.8 Å². The van der Waals surface area contributed by atoms with Crippen molar-refractivity contribution in [1.29, 1.82) is 0 Å². The highest BCUT2D eigenvalue weighted by atomic mass is 35.5. The first-order valence-corrected chi connectivity index (χ1v) is 7.97. The van der Waals surface area contributed by atoms with Gasteiger partial charge < -0.3 is 15.5 Å². The van der Waals surface area contributed by atoms with E-state index in [-0.39, 0.29) is 6.04 Å². The molecule has 0 radical (unpaired) electrons. The molecule has 0 fully saturated rings. The lowest BCUT2D eigenvalue weighted by Crippen LogP contribution is -2.32. The van der Waals surface area contributed by atoms with Crippen LogP contribution in [0.25, 0.3) is 10.9 Å². The average Bonchev–Trinajstić information content (AvgIpc) is 2.96. The number of likely N-dealkylation sites (N-methyl/N-ethyl adjacent to an activating group) is 1. The third-order valence-electron chi connectivity index (χ3n) is 3.98. The maximum absolute atomic E-state index is 10.6. The Bertz CT molecular complexity index is 772. The van der Waals surface area contributed by atoms with Crippen LogP contribution < -0.4 is 5.32 Å². The fourth-order valence-electron chi connectivity index (χ4n) is 2.84. The predicted molar refractivity (Wildman–Crippen MR) is 93.7 cm³/mol. The van der Waals surface area contributed by atoms with Crippen LogP contribution in [0.5, 0.6) is 0 Å². The molecule has 0 spiro atoms. The van der Waals surface area contributed by atoms with Crippen LogP contribution in [-0.2, 0) is 6.54 Å². The standard InChI is InChI=1S/C18H20ClN3O/c1-20-11-18(22(23)12-13-5-3-2-4-6-13)16-10-21-17-8-7-14(19)9-15(16)17/h2-10,18,20-21,23H,11-12H2,1H3. The molecule has 3 aromatic rings. The SMILES string of the molecule is CNCC(c1c[nH]c2ccc(Cl)cc12)N(O)Cc1ccccc1. The molecule has 0 aliphatic heterocycles. The Labute approximate surface area is 140 Å². The molecule has 0 aliphatic rings. The first kappa shape index (κ1) is 16.0. The van der Waals surface area contributed by atoms with Gasteiger partial charge in [-0.05, 0) is 36.4 Å². The van der Waals surface area contributed by atoms with Gasteiger partial charge in [-0.3, -0.25) is 0 Å². The molecule has 3 N–H and O–H groups in total. The third kappa shape index (κ3) is 3.57. The van der Waals surface area contributed by atoms with Crippen LogP contribution in [0.1, 0.15) is 17.2 Å². The van der Waals surface area contributed by atoms with Gasteiger partial charge in [-0.15, -0.1) is 0 Å². The molecule has 0 saturated carbocycles. The predicted octanol–water partition coefficient (Wildman–Crippen LogP) is 3.97. The monoisotopic (exact) mass is 329 g/mol. The zero-order valence-electron chi connectivity index (χ0n) is 13.0. The van der Waals surface area contributed by atoms with Crippen molar-refractivity contribution < 1.29 is 5.21 Å². The summed E-state index contributed by atoms with van der Waals surface area (Å²) in [5.41, 5.74) is 3.10. The van der Waals surface area contributed by atoms with Crippen LogP contribution in [0, 0.1) is 0 Å². The molecule has 5 heteroatoms. The molecule has 1 atom stereocenters. The molecular weight excluding hydrogens is 310 g/mol. The van der Waals surface area contributed by atoms with Gasteiger partial charge in [0.1, 0.15) is 0 Å². The highest BCUT2D eigenvalue weighted by molar-refractivity contribution is 6.31. The van der Waals surface area contributed by atoms with Crippen molar-refractivity contribution in [2.45, 2.75) is 12.6 Å². The summed E-state index contributed by atoms with van der Waals surface area (Å²) in [6, 6.07) is 15.5. The Hall–Kier alpha value is -1.85. The van der Waals surface area contributed by atoms with Gasteiger partial charge in [0.05, 0.1) is 6.04 Å². The number of halogens is 1. The Balaban J connectivity index is 1.92. The second kappa shape index (κ2) is 7.15. The smallest absolute Gasteiger partial charge is 0.0748 e. The Morgan fingerprint density at radius 2 is 2.00 bits per heavy atom. The number of hydrogen-bond donors (Lipinski definition) is 3. The molecule has 3 rings (SSSR count). The van der Waals surface area contributed by atoms with Gasteiger partial charge in [-0.25, -0.2) is 0 Å². The first-order valence-electron chi connectivity index (χ1n) is 7.59. The van der Waals surface area contributed by atoms with Crippen molar-refractivity contribution in [3.05, 3.63) is 70.9 Å². The van der Waals surface area contributed by atoms with E-state index in [0.717, 1.165) is 22.0 Å². The summed E-state index contributed by atoms with van der Waals surface area (Å²) < 4.78 is 0. The van der Waals surface area contributed by atoms with Crippen LogP contribution in [0.3, 0.4) is 0 Å². The molecule has 0 saturated heterocycles. The lowest BCUT2D eigenvalue weighted by molar-refractivity contribution is -0.135. The molecule has 1 heterocycles. The van der Waals surface area contributed by atoms with Crippen molar-refractivity contribution >= 4 is 22.5 Å². The molecule has 120 valence electrons. The number of benzene rings is 2. The molecule has 4 nitrogen and oxygen atoms in total. The van der Waals surface area contributed by atoms with Crippen molar-refractivity contribution in [3.63, 3.8) is 0 Å². The fourth-order valence-corrected chi connectivity index (χ4v) is 3.01. The van der Waals surface area contributed by atoms with E-state index in [2.05, 4.69) is 10.3 Å². The van der Waals surface area contributed by atoms with Crippen LogP contribution in [-0.4, -0.2) is 28.8 Å². The zero-order valence-corrected chi connectivity index (χ0v) is 13.7. The van der Waals surface area contributed by atoms with Crippen molar-refractivity contribution in [2.24, 2.45) is 0 Å². The van der Waals surface area contributed by atoms with E-state index in [9.17, 15) is 5.21 Å². The normalized spacial score (nSPS) is 12.9. The minimum atomic E-state index is -0.174. The van der Waals surface area contributed by atoms with E-state index in [1.165, 1.54) is 5.06 Å². The number of hydrogen-bond acceptors (Lipinski definition) is 3. The van der Waals surface area contributed by atoms with E-state index in [1.54, 1.807) is 0 Å². The minimum absolute atomic E-state index is 0.174. The summed E-state index contributed by atoms with van der Waals surface area (Å²) in [4.78, 5) is 3.25. The van der Waals surface area contributed by atoms with Gasteiger partial charge in [0.15, 0.2) is 0 Å². The average molecular weight is 330 g/mol. The number of fused-ring (bicyclic) bond motifs is 1. The maximum Gasteiger partial charge on any atom is 0.0748 e. The summed E-state index contributed by atoms with van der Waals surface area (Å²) in [5, 5.41) is 16.9. The van der Waals surface area contributed by atoms with Crippen LogP contribution in [0.2, 0.25) is 5.02 Å². The number of aromatic amines is 1. The van der Waals surface area contributed by atoms with Crippen molar-refractivity contribution in [1.82, 2.24) is 15.4 Å². The van der Waals surface area contributed by atoms with Crippen LogP contribution >= 0.6 is 11.6 Å². The molecular formula is C18H20ClN3O. The lowest BCUT2D eigenvalue weighted by atomic mass is 10.0. The number of hydroxylamine groups is 2. The van der Waals surface area contributed by atoms with E-state index >= 15 is 0 Å². The molecule has 23 heavy (non-hydrogen) atoms. The second-order valence-electron chi connectivity index (χ2n) is 5.59. The first-order chi connectivity index (χ1) is 11.2. The molecule has 0 aliphatic carbocycles. The number of aromatic nitrogens is 1. The number of nitrogens with zero attached hydrogens (tertiary/aromatic N) is 1. The molecule has 2 aromatic carbocycles. The highest BCUT2D eigenvalue weighted by Crippen LogP contribution is 2.30. The minimum Gasteiger partial charge on any atom is -0.361 e. The quantitative estimate of drug-likeness (QED) is 0.600. The summed E-state index contributed by atoms with van der Waals surface area (Å²) >= 11 is 6.13. The molecule has 0 bridgehead atoms. The molecule has 0 amide bonds. The van der Waals surface area contributed by atoms with E-state index < -0.39 is 0 Å². The summed E-state index contributed by atoms with van der Waals surface area (Å²) in [7, 11) is 1.88. The van der Waals surface area contributed by atoms with Gasteiger partial charge >= 0.3 is 0 Å². The van der Waals surface area contributed by atoms with Gasteiger partial charge in [-0.2, -0.15) is 5.06 Å². The number of rotatable bonds is 6. The van der Waals surface area contributed by atoms with Gasteiger partial charge in [0.25, 0.3) is 0 Å². The second-order valence-corrected chi connectivity index (χ2v) is 6.03.